The van der Waals surface area contributed by atoms with Crippen LogP contribution in [0.1, 0.15) is 24.6 Å². The van der Waals surface area contributed by atoms with Gasteiger partial charge in [-0.1, -0.05) is 0 Å². The van der Waals surface area contributed by atoms with Crippen LogP contribution in [0.3, 0.4) is 0 Å². The Bertz CT molecular complexity index is 552. The average Bonchev–Trinajstić information content (AvgIpc) is 2.76. The molecule has 1 aliphatic rings. The first-order valence-corrected chi connectivity index (χ1v) is 5.49. The SMILES string of the molecule is O=c1ccnc2nc(C3CCNCC3)[nH]n12. The van der Waals surface area contributed by atoms with E-state index in [-0.39, 0.29) is 5.56 Å². The molecule has 6 heteroatoms. The lowest BCUT2D eigenvalue weighted by molar-refractivity contribution is 0.445. The third-order valence-corrected chi connectivity index (χ3v) is 3.00. The van der Waals surface area contributed by atoms with Crippen LogP contribution >= 0.6 is 0 Å². The van der Waals surface area contributed by atoms with E-state index in [0.29, 0.717) is 11.7 Å². The van der Waals surface area contributed by atoms with Crippen LogP contribution in [0.25, 0.3) is 5.78 Å². The first-order chi connectivity index (χ1) is 7.84. The van der Waals surface area contributed by atoms with Crippen molar-refractivity contribution in [3.8, 4) is 0 Å². The van der Waals surface area contributed by atoms with Crippen molar-refractivity contribution in [2.45, 2.75) is 18.8 Å². The highest BCUT2D eigenvalue weighted by atomic mass is 16.1. The number of nitrogens with one attached hydrogen (secondary N) is 2. The van der Waals surface area contributed by atoms with E-state index < -0.39 is 0 Å². The normalized spacial score (nSPS) is 18.0. The van der Waals surface area contributed by atoms with Gasteiger partial charge in [0.15, 0.2) is 0 Å². The lowest BCUT2D eigenvalue weighted by atomic mass is 9.98. The Hall–Kier alpha value is -1.69. The molecule has 0 unspecified atom stereocenters. The number of rotatable bonds is 1. The fourth-order valence-electron chi connectivity index (χ4n) is 2.11. The van der Waals surface area contributed by atoms with Gasteiger partial charge in [0.1, 0.15) is 5.82 Å². The van der Waals surface area contributed by atoms with Gasteiger partial charge in [-0.2, -0.15) is 9.50 Å². The Labute approximate surface area is 91.7 Å². The molecule has 16 heavy (non-hydrogen) atoms. The van der Waals surface area contributed by atoms with Gasteiger partial charge in [-0.05, 0) is 25.9 Å². The van der Waals surface area contributed by atoms with Gasteiger partial charge in [-0.15, -0.1) is 0 Å². The fraction of sp³-hybridized carbons (Fsp3) is 0.500. The Morgan fingerprint density at radius 3 is 2.94 bits per heavy atom. The molecule has 0 amide bonds. The maximum absolute atomic E-state index is 11.5. The quantitative estimate of drug-likeness (QED) is 0.701. The maximum atomic E-state index is 11.5. The first-order valence-electron chi connectivity index (χ1n) is 5.49. The van der Waals surface area contributed by atoms with Gasteiger partial charge in [0, 0.05) is 18.2 Å². The summed E-state index contributed by atoms with van der Waals surface area (Å²) >= 11 is 0. The summed E-state index contributed by atoms with van der Waals surface area (Å²) in [5, 5.41) is 6.34. The number of nitrogens with zero attached hydrogens (tertiary/aromatic N) is 3. The highest BCUT2D eigenvalue weighted by Gasteiger charge is 2.19. The van der Waals surface area contributed by atoms with E-state index in [0.717, 1.165) is 31.8 Å². The highest BCUT2D eigenvalue weighted by molar-refractivity contribution is 5.26. The highest BCUT2D eigenvalue weighted by Crippen LogP contribution is 2.21. The number of fused-ring (bicyclic) bond motifs is 1. The van der Waals surface area contributed by atoms with Crippen LogP contribution in [-0.4, -0.2) is 32.7 Å². The summed E-state index contributed by atoms with van der Waals surface area (Å²) in [6.07, 6.45) is 3.59. The van der Waals surface area contributed by atoms with Gasteiger partial charge >= 0.3 is 0 Å². The van der Waals surface area contributed by atoms with Gasteiger partial charge in [0.25, 0.3) is 11.3 Å². The molecular formula is C10H13N5O. The predicted molar refractivity (Wildman–Crippen MR) is 58.5 cm³/mol. The van der Waals surface area contributed by atoms with Crippen molar-refractivity contribution in [3.05, 3.63) is 28.4 Å². The summed E-state index contributed by atoms with van der Waals surface area (Å²) in [7, 11) is 0. The Morgan fingerprint density at radius 2 is 2.19 bits per heavy atom. The molecule has 84 valence electrons. The zero-order valence-electron chi connectivity index (χ0n) is 8.81. The molecule has 2 aromatic rings. The van der Waals surface area contributed by atoms with E-state index >= 15 is 0 Å². The van der Waals surface area contributed by atoms with Crippen LogP contribution in [0, 0.1) is 0 Å². The number of aromatic amines is 1. The molecule has 2 aromatic heterocycles. The molecule has 6 nitrogen and oxygen atoms in total. The Kier molecular flexibility index (Phi) is 2.21. The van der Waals surface area contributed by atoms with Gasteiger partial charge in [-0.25, -0.2) is 4.98 Å². The molecule has 1 aliphatic heterocycles. The first kappa shape index (κ1) is 9.53. The van der Waals surface area contributed by atoms with Crippen LogP contribution in [0.15, 0.2) is 17.1 Å². The summed E-state index contributed by atoms with van der Waals surface area (Å²) in [5.74, 6) is 1.74. The van der Waals surface area contributed by atoms with E-state index in [9.17, 15) is 4.79 Å². The minimum Gasteiger partial charge on any atom is -0.317 e. The van der Waals surface area contributed by atoms with Crippen molar-refractivity contribution in [2.24, 2.45) is 0 Å². The number of hydrogen-bond donors (Lipinski definition) is 2. The van der Waals surface area contributed by atoms with Gasteiger partial charge in [0.05, 0.1) is 0 Å². The van der Waals surface area contributed by atoms with E-state index in [1.165, 1.54) is 16.8 Å². The smallest absolute Gasteiger partial charge is 0.273 e. The van der Waals surface area contributed by atoms with E-state index in [1.54, 1.807) is 0 Å². The molecule has 0 spiro atoms. The van der Waals surface area contributed by atoms with Crippen molar-refractivity contribution in [1.29, 1.82) is 0 Å². The predicted octanol–water partition coefficient (Wildman–Crippen LogP) is -0.115. The van der Waals surface area contributed by atoms with E-state index in [4.69, 9.17) is 0 Å². The zero-order valence-corrected chi connectivity index (χ0v) is 8.81. The van der Waals surface area contributed by atoms with Crippen molar-refractivity contribution in [3.63, 3.8) is 0 Å². The maximum Gasteiger partial charge on any atom is 0.273 e. The van der Waals surface area contributed by atoms with Gasteiger partial charge in [-0.3, -0.25) is 9.89 Å². The molecule has 1 saturated heterocycles. The second-order valence-corrected chi connectivity index (χ2v) is 4.05. The van der Waals surface area contributed by atoms with Crippen molar-refractivity contribution in [2.75, 3.05) is 13.1 Å². The van der Waals surface area contributed by atoms with Crippen molar-refractivity contribution in [1.82, 2.24) is 24.9 Å². The number of hydrogen-bond acceptors (Lipinski definition) is 4. The molecule has 1 fully saturated rings. The molecule has 3 heterocycles. The summed E-state index contributed by atoms with van der Waals surface area (Å²) < 4.78 is 1.40. The molecule has 0 aromatic carbocycles. The molecule has 0 bridgehead atoms. The molecule has 3 rings (SSSR count). The second-order valence-electron chi connectivity index (χ2n) is 4.05. The Morgan fingerprint density at radius 1 is 1.38 bits per heavy atom. The molecule has 0 saturated carbocycles. The van der Waals surface area contributed by atoms with Crippen molar-refractivity contribution < 1.29 is 0 Å². The summed E-state index contributed by atoms with van der Waals surface area (Å²) in [6, 6.07) is 1.43. The lowest BCUT2D eigenvalue weighted by Crippen LogP contribution is -2.27. The number of H-pyrrole nitrogens is 1. The molecule has 0 atom stereocenters. The molecule has 2 N–H and O–H groups in total. The van der Waals surface area contributed by atoms with Gasteiger partial charge in [0.2, 0.25) is 0 Å². The number of piperidine rings is 1. The fourth-order valence-corrected chi connectivity index (χ4v) is 2.11. The van der Waals surface area contributed by atoms with E-state index in [2.05, 4.69) is 20.4 Å². The van der Waals surface area contributed by atoms with Crippen LogP contribution in [0.2, 0.25) is 0 Å². The minimum absolute atomic E-state index is 0.113. The number of aromatic nitrogens is 4. The van der Waals surface area contributed by atoms with E-state index in [1.807, 2.05) is 0 Å². The summed E-state index contributed by atoms with van der Waals surface area (Å²) in [6.45, 7) is 2.01. The molecule has 0 radical (unpaired) electrons. The monoisotopic (exact) mass is 219 g/mol. The minimum atomic E-state index is -0.113. The lowest BCUT2D eigenvalue weighted by Gasteiger charge is -2.19. The van der Waals surface area contributed by atoms with Crippen molar-refractivity contribution >= 4 is 5.78 Å². The topological polar surface area (TPSA) is 75.1 Å². The van der Waals surface area contributed by atoms with Crippen LogP contribution < -0.4 is 10.9 Å². The standard InChI is InChI=1S/C10H13N5O/c16-8-3-6-12-10-13-9(14-15(8)10)7-1-4-11-5-2-7/h3,6-7,11H,1-2,4-5H2,(H,12,13,14). The average molecular weight is 219 g/mol. The van der Waals surface area contributed by atoms with Crippen LogP contribution in [-0.2, 0) is 0 Å². The zero-order chi connectivity index (χ0) is 11.0. The third kappa shape index (κ3) is 1.51. The van der Waals surface area contributed by atoms with Crippen LogP contribution in [0.5, 0.6) is 0 Å². The summed E-state index contributed by atoms with van der Waals surface area (Å²) in [5.41, 5.74) is -0.113. The third-order valence-electron chi connectivity index (χ3n) is 3.00. The van der Waals surface area contributed by atoms with Crippen LogP contribution in [0.4, 0.5) is 0 Å². The summed E-state index contributed by atoms with van der Waals surface area (Å²) in [4.78, 5) is 19.9. The second kappa shape index (κ2) is 3.71. The van der Waals surface area contributed by atoms with Gasteiger partial charge < -0.3 is 5.32 Å². The molecular weight excluding hydrogens is 206 g/mol. The Balaban J connectivity index is 2.04. The largest absolute Gasteiger partial charge is 0.317 e. The molecule has 0 aliphatic carbocycles.